The minimum absolute atomic E-state index is 0.0505. The lowest BCUT2D eigenvalue weighted by Crippen LogP contribution is -2.49. The van der Waals surface area contributed by atoms with Crippen LogP contribution in [0.25, 0.3) is 23.2 Å². The number of aryl methyl sites for hydroxylation is 1. The summed E-state index contributed by atoms with van der Waals surface area (Å²) in [7, 11) is 0. The van der Waals surface area contributed by atoms with Crippen LogP contribution in [-0.2, 0) is 11.2 Å². The van der Waals surface area contributed by atoms with E-state index >= 15 is 0 Å². The van der Waals surface area contributed by atoms with Crippen molar-refractivity contribution in [2.24, 2.45) is 0 Å². The van der Waals surface area contributed by atoms with Crippen LogP contribution < -0.4 is 10.5 Å². The molecule has 1 N–H and O–H groups in total. The van der Waals surface area contributed by atoms with Gasteiger partial charge in [0.15, 0.2) is 11.6 Å². The Balaban J connectivity index is 1.26. The summed E-state index contributed by atoms with van der Waals surface area (Å²) >= 11 is 0. The standard InChI is InChI=1S/C24H21N7O4/c1-15-16(22(33)29-21(27-15)17-5-2-3-7-26-17)13-20(32)30-8-10-31(11-9-30)24-18(14-25)28-23(35-24)19-6-4-12-34-19/h2-7,12H,8-11,13H2,1H3,(H,27,29,33). The molecule has 0 bridgehead atoms. The Labute approximate surface area is 199 Å². The van der Waals surface area contributed by atoms with Gasteiger partial charge in [-0.05, 0) is 31.2 Å². The van der Waals surface area contributed by atoms with Gasteiger partial charge in [0.05, 0.1) is 12.7 Å². The van der Waals surface area contributed by atoms with Crippen LogP contribution in [0.4, 0.5) is 5.88 Å². The van der Waals surface area contributed by atoms with Crippen LogP contribution in [-0.4, -0.2) is 56.9 Å². The van der Waals surface area contributed by atoms with E-state index in [4.69, 9.17) is 8.83 Å². The second-order valence-electron chi connectivity index (χ2n) is 8.00. The van der Waals surface area contributed by atoms with Crippen LogP contribution in [0.1, 0.15) is 17.0 Å². The van der Waals surface area contributed by atoms with Crippen LogP contribution in [0.2, 0.25) is 0 Å². The summed E-state index contributed by atoms with van der Waals surface area (Å²) in [5, 5.41) is 9.47. The average molecular weight is 471 g/mol. The number of carbonyl (C=O) groups excluding carboxylic acids is 1. The number of carbonyl (C=O) groups is 1. The van der Waals surface area contributed by atoms with Crippen LogP contribution in [0.15, 0.2) is 56.4 Å². The van der Waals surface area contributed by atoms with Crippen molar-refractivity contribution in [2.45, 2.75) is 13.3 Å². The quantitative estimate of drug-likeness (QED) is 0.463. The highest BCUT2D eigenvalue weighted by molar-refractivity contribution is 5.79. The van der Waals surface area contributed by atoms with Crippen LogP contribution in [0.3, 0.4) is 0 Å². The molecule has 0 aromatic carbocycles. The molecule has 0 saturated carbocycles. The number of pyridine rings is 1. The second-order valence-corrected chi connectivity index (χ2v) is 8.00. The Kier molecular flexibility index (Phi) is 5.85. The summed E-state index contributed by atoms with van der Waals surface area (Å²) < 4.78 is 11.1. The van der Waals surface area contributed by atoms with Gasteiger partial charge >= 0.3 is 0 Å². The number of anilines is 1. The molecule has 176 valence electrons. The SMILES string of the molecule is Cc1nc(-c2ccccn2)[nH]c(=O)c1CC(=O)N1CCN(c2oc(-c3ccco3)nc2C#N)CC1. The number of piperazine rings is 1. The number of oxazole rings is 1. The zero-order valence-corrected chi connectivity index (χ0v) is 18.9. The number of nitrogens with zero attached hydrogens (tertiary/aromatic N) is 6. The van der Waals surface area contributed by atoms with Crippen molar-refractivity contribution in [3.8, 4) is 29.2 Å². The van der Waals surface area contributed by atoms with Gasteiger partial charge in [-0.15, -0.1) is 0 Å². The third kappa shape index (κ3) is 4.41. The highest BCUT2D eigenvalue weighted by Crippen LogP contribution is 2.29. The van der Waals surface area contributed by atoms with E-state index in [1.807, 2.05) is 11.0 Å². The van der Waals surface area contributed by atoms with Crippen molar-refractivity contribution in [3.63, 3.8) is 0 Å². The number of amides is 1. The van der Waals surface area contributed by atoms with Crippen LogP contribution in [0, 0.1) is 18.3 Å². The molecule has 1 amide bonds. The molecular formula is C24H21N7O4. The van der Waals surface area contributed by atoms with Gasteiger partial charge in [0.1, 0.15) is 11.8 Å². The van der Waals surface area contributed by atoms with E-state index in [2.05, 4.69) is 26.0 Å². The molecule has 1 aliphatic rings. The lowest BCUT2D eigenvalue weighted by Gasteiger charge is -2.34. The Morgan fingerprint density at radius 2 is 2.00 bits per heavy atom. The van der Waals surface area contributed by atoms with Crippen LogP contribution >= 0.6 is 0 Å². The van der Waals surface area contributed by atoms with Crippen molar-refractivity contribution >= 4 is 11.8 Å². The third-order valence-electron chi connectivity index (χ3n) is 5.82. The molecular weight excluding hydrogens is 450 g/mol. The molecule has 1 saturated heterocycles. The Hall–Kier alpha value is -4.72. The van der Waals surface area contributed by atoms with Gasteiger partial charge in [0, 0.05) is 43.6 Å². The summed E-state index contributed by atoms with van der Waals surface area (Å²) in [4.78, 5) is 44.8. The largest absolute Gasteiger partial charge is 0.459 e. The molecule has 0 spiro atoms. The summed E-state index contributed by atoms with van der Waals surface area (Å²) in [6.07, 6.45) is 3.08. The van der Waals surface area contributed by atoms with E-state index < -0.39 is 0 Å². The number of aromatic amines is 1. The van der Waals surface area contributed by atoms with Crippen molar-refractivity contribution in [2.75, 3.05) is 31.1 Å². The predicted octanol–water partition coefficient (Wildman–Crippen LogP) is 2.15. The number of furan rings is 1. The van der Waals surface area contributed by atoms with E-state index in [0.717, 1.165) is 0 Å². The molecule has 0 radical (unpaired) electrons. The third-order valence-corrected chi connectivity index (χ3v) is 5.82. The second kappa shape index (κ2) is 9.26. The van der Waals surface area contributed by atoms with E-state index in [1.165, 1.54) is 6.26 Å². The number of hydrogen-bond donors (Lipinski definition) is 1. The molecule has 5 rings (SSSR count). The molecule has 4 aromatic heterocycles. The van der Waals surface area contributed by atoms with Gasteiger partial charge in [-0.2, -0.15) is 10.2 Å². The summed E-state index contributed by atoms with van der Waals surface area (Å²) in [5.41, 5.74) is 1.20. The molecule has 11 nitrogen and oxygen atoms in total. The first-order valence-corrected chi connectivity index (χ1v) is 11.0. The minimum Gasteiger partial charge on any atom is -0.459 e. The number of nitrogens with one attached hydrogen (secondary N) is 1. The highest BCUT2D eigenvalue weighted by atomic mass is 16.4. The van der Waals surface area contributed by atoms with Crippen molar-refractivity contribution in [3.05, 3.63) is 70.1 Å². The molecule has 1 fully saturated rings. The minimum atomic E-state index is -0.351. The topological polar surface area (TPSA) is 145 Å². The zero-order valence-electron chi connectivity index (χ0n) is 18.9. The van der Waals surface area contributed by atoms with Gasteiger partial charge in [0.2, 0.25) is 17.5 Å². The molecule has 11 heteroatoms. The molecule has 35 heavy (non-hydrogen) atoms. The normalized spacial score (nSPS) is 13.6. The maximum Gasteiger partial charge on any atom is 0.266 e. The van der Waals surface area contributed by atoms with Gasteiger partial charge < -0.3 is 23.6 Å². The van der Waals surface area contributed by atoms with Gasteiger partial charge in [-0.3, -0.25) is 14.6 Å². The number of rotatable bonds is 5. The number of H-pyrrole nitrogens is 1. The summed E-state index contributed by atoms with van der Waals surface area (Å²) in [5.74, 6) is 1.22. The maximum absolute atomic E-state index is 13.0. The fourth-order valence-corrected chi connectivity index (χ4v) is 3.97. The number of hydrogen-bond acceptors (Lipinski definition) is 9. The Bertz CT molecular complexity index is 1440. The van der Waals surface area contributed by atoms with Gasteiger partial charge in [0.25, 0.3) is 11.4 Å². The van der Waals surface area contributed by atoms with E-state index in [1.54, 1.807) is 42.3 Å². The molecule has 4 aromatic rings. The average Bonchev–Trinajstić information content (AvgIpc) is 3.57. The summed E-state index contributed by atoms with van der Waals surface area (Å²) in [6.45, 7) is 3.46. The fraction of sp³-hybridized carbons (Fsp3) is 0.250. The van der Waals surface area contributed by atoms with Gasteiger partial charge in [-0.25, -0.2) is 4.98 Å². The van der Waals surface area contributed by atoms with Crippen molar-refractivity contribution in [1.82, 2.24) is 24.8 Å². The lowest BCUT2D eigenvalue weighted by atomic mass is 10.1. The van der Waals surface area contributed by atoms with Crippen molar-refractivity contribution < 1.29 is 13.6 Å². The maximum atomic E-state index is 13.0. The monoisotopic (exact) mass is 471 g/mol. The van der Waals surface area contributed by atoms with E-state index in [9.17, 15) is 14.9 Å². The lowest BCUT2D eigenvalue weighted by molar-refractivity contribution is -0.130. The molecule has 1 aliphatic heterocycles. The van der Waals surface area contributed by atoms with E-state index in [0.29, 0.717) is 60.6 Å². The Morgan fingerprint density at radius 3 is 2.66 bits per heavy atom. The molecule has 0 aliphatic carbocycles. The van der Waals surface area contributed by atoms with Crippen molar-refractivity contribution in [1.29, 1.82) is 5.26 Å². The first-order valence-electron chi connectivity index (χ1n) is 11.0. The molecule has 0 unspecified atom stereocenters. The highest BCUT2D eigenvalue weighted by Gasteiger charge is 2.28. The molecule has 0 atom stereocenters. The number of nitriles is 1. The van der Waals surface area contributed by atoms with Crippen LogP contribution in [0.5, 0.6) is 0 Å². The zero-order chi connectivity index (χ0) is 24.4. The Morgan fingerprint density at radius 1 is 1.17 bits per heavy atom. The van der Waals surface area contributed by atoms with Gasteiger partial charge in [-0.1, -0.05) is 6.07 Å². The smallest absolute Gasteiger partial charge is 0.266 e. The first-order chi connectivity index (χ1) is 17.0. The number of aromatic nitrogens is 4. The predicted molar refractivity (Wildman–Crippen MR) is 124 cm³/mol. The molecule has 5 heterocycles. The van der Waals surface area contributed by atoms with E-state index in [-0.39, 0.29) is 29.5 Å². The fourth-order valence-electron chi connectivity index (χ4n) is 3.97. The first kappa shape index (κ1) is 22.1. The summed E-state index contributed by atoms with van der Waals surface area (Å²) in [6, 6.07) is 10.8.